The molecule has 2 aromatic carbocycles. The summed E-state index contributed by atoms with van der Waals surface area (Å²) in [5, 5.41) is 3.38. The topological polar surface area (TPSA) is 116 Å². The summed E-state index contributed by atoms with van der Waals surface area (Å²) >= 11 is 0. The zero-order valence-corrected chi connectivity index (χ0v) is 19.8. The number of imide groups is 1. The van der Waals surface area contributed by atoms with Gasteiger partial charge in [0.2, 0.25) is 10.0 Å². The number of rotatable bonds is 6. The Labute approximate surface area is 199 Å². The van der Waals surface area contributed by atoms with E-state index in [4.69, 9.17) is 0 Å². The maximum Gasteiger partial charge on any atom is 0.344 e. The Morgan fingerprint density at radius 2 is 1.59 bits per heavy atom. The predicted octanol–water partition coefficient (Wildman–Crippen LogP) is 2.75. The molecule has 1 atom stereocenters. The molecule has 2 aliphatic heterocycles. The lowest BCUT2D eigenvalue weighted by Gasteiger charge is -2.25. The highest BCUT2D eigenvalue weighted by atomic mass is 32.2. The fourth-order valence-corrected chi connectivity index (χ4v) is 5.93. The van der Waals surface area contributed by atoms with Gasteiger partial charge in [0.1, 0.15) is 5.54 Å². The number of carbonyl (C=O) groups excluding carboxylic acids is 3. The second-order valence-electron chi connectivity index (χ2n) is 8.48. The zero-order valence-electron chi connectivity index (χ0n) is 19.0. The van der Waals surface area contributed by atoms with Gasteiger partial charge in [-0.05, 0) is 49.1 Å². The van der Waals surface area contributed by atoms with Crippen LogP contribution in [0.5, 0.6) is 0 Å². The van der Waals surface area contributed by atoms with E-state index in [0.717, 1.165) is 25.7 Å². The van der Waals surface area contributed by atoms with E-state index in [0.29, 0.717) is 30.1 Å². The summed E-state index contributed by atoms with van der Waals surface area (Å²) in [5.41, 5.74) is 1.84. The summed E-state index contributed by atoms with van der Waals surface area (Å²) < 4.78 is 27.4. The second-order valence-corrected chi connectivity index (χ2v) is 10.4. The van der Waals surface area contributed by atoms with Gasteiger partial charge in [0.05, 0.1) is 4.90 Å². The molecule has 4 amide bonds. The molecule has 0 aromatic heterocycles. The first-order valence-corrected chi connectivity index (χ1v) is 12.9. The standard InChI is InChI=1S/C24H28N4O5S/c1-2-24(19-10-6-5-7-11-19)22(30)28(23(31)25-24)26-21(29)18-12-14-20(15-13-18)34(32,33)27-16-8-3-4-9-17-27/h5-7,10-15H,2-4,8-9,16-17H2,1H3,(H,25,31)(H,26,29)/t24-/m1/s1. The molecule has 34 heavy (non-hydrogen) atoms. The molecular formula is C24H28N4O5S. The molecule has 10 heteroatoms. The Morgan fingerprint density at radius 1 is 0.971 bits per heavy atom. The Bertz CT molecular complexity index is 1180. The van der Waals surface area contributed by atoms with Gasteiger partial charge in [-0.25, -0.2) is 13.2 Å². The average molecular weight is 485 g/mol. The lowest BCUT2D eigenvalue weighted by Crippen LogP contribution is -2.48. The summed E-state index contributed by atoms with van der Waals surface area (Å²) in [7, 11) is -3.64. The van der Waals surface area contributed by atoms with Gasteiger partial charge in [-0.1, -0.05) is 50.1 Å². The minimum Gasteiger partial charge on any atom is -0.318 e. The number of benzene rings is 2. The highest BCUT2D eigenvalue weighted by molar-refractivity contribution is 7.89. The Hall–Kier alpha value is -3.24. The van der Waals surface area contributed by atoms with Crippen molar-refractivity contribution in [1.82, 2.24) is 20.1 Å². The minimum absolute atomic E-state index is 0.106. The van der Waals surface area contributed by atoms with Crippen LogP contribution < -0.4 is 10.7 Å². The molecule has 0 saturated carbocycles. The van der Waals surface area contributed by atoms with Crippen LogP contribution in [-0.4, -0.2) is 48.7 Å². The Kier molecular flexibility index (Phi) is 6.72. The molecule has 0 aliphatic carbocycles. The van der Waals surface area contributed by atoms with Crippen LogP contribution in [0.2, 0.25) is 0 Å². The molecule has 0 unspecified atom stereocenters. The van der Waals surface area contributed by atoms with Crippen molar-refractivity contribution in [3.8, 4) is 0 Å². The van der Waals surface area contributed by atoms with Crippen molar-refractivity contribution in [3.05, 3.63) is 65.7 Å². The van der Waals surface area contributed by atoms with Crippen LogP contribution in [-0.2, 0) is 20.4 Å². The maximum atomic E-state index is 13.2. The lowest BCUT2D eigenvalue weighted by molar-refractivity contribution is -0.133. The van der Waals surface area contributed by atoms with Gasteiger partial charge in [0.15, 0.2) is 0 Å². The largest absolute Gasteiger partial charge is 0.344 e. The molecule has 2 saturated heterocycles. The van der Waals surface area contributed by atoms with Crippen molar-refractivity contribution in [1.29, 1.82) is 0 Å². The number of nitrogens with one attached hydrogen (secondary N) is 2. The third-order valence-electron chi connectivity index (χ3n) is 6.42. The molecule has 180 valence electrons. The first-order valence-electron chi connectivity index (χ1n) is 11.4. The van der Waals surface area contributed by atoms with Gasteiger partial charge in [0, 0.05) is 18.7 Å². The number of amides is 4. The fourth-order valence-electron chi connectivity index (χ4n) is 4.41. The molecule has 0 spiro atoms. The van der Waals surface area contributed by atoms with Gasteiger partial charge in [-0.15, -0.1) is 0 Å². The number of carbonyl (C=O) groups is 3. The van der Waals surface area contributed by atoms with Crippen molar-refractivity contribution >= 4 is 27.9 Å². The summed E-state index contributed by atoms with van der Waals surface area (Å²) in [6.45, 7) is 2.74. The zero-order chi connectivity index (χ0) is 24.3. The van der Waals surface area contributed by atoms with E-state index in [1.165, 1.54) is 28.6 Å². The van der Waals surface area contributed by atoms with E-state index in [1.807, 2.05) is 6.07 Å². The molecule has 4 rings (SSSR count). The van der Waals surface area contributed by atoms with Gasteiger partial charge < -0.3 is 5.32 Å². The number of hydrogen-bond donors (Lipinski definition) is 2. The highest BCUT2D eigenvalue weighted by Gasteiger charge is 2.52. The van der Waals surface area contributed by atoms with Crippen molar-refractivity contribution in [2.75, 3.05) is 13.1 Å². The molecule has 2 aliphatic rings. The smallest absolute Gasteiger partial charge is 0.318 e. The molecule has 2 fully saturated rings. The summed E-state index contributed by atoms with van der Waals surface area (Å²) in [6.07, 6.45) is 3.98. The van der Waals surface area contributed by atoms with Gasteiger partial charge >= 0.3 is 6.03 Å². The van der Waals surface area contributed by atoms with Crippen molar-refractivity contribution < 1.29 is 22.8 Å². The van der Waals surface area contributed by atoms with Crippen LogP contribution >= 0.6 is 0 Å². The van der Waals surface area contributed by atoms with Crippen LogP contribution in [0.25, 0.3) is 0 Å². The van der Waals surface area contributed by atoms with E-state index in [-0.39, 0.29) is 10.5 Å². The molecule has 2 heterocycles. The van der Waals surface area contributed by atoms with Crippen LogP contribution in [0.4, 0.5) is 4.79 Å². The molecule has 0 radical (unpaired) electrons. The van der Waals surface area contributed by atoms with Gasteiger partial charge in [0.25, 0.3) is 11.8 Å². The molecule has 0 bridgehead atoms. The monoisotopic (exact) mass is 484 g/mol. The van der Waals surface area contributed by atoms with E-state index >= 15 is 0 Å². The summed E-state index contributed by atoms with van der Waals surface area (Å²) in [4.78, 5) is 38.6. The van der Waals surface area contributed by atoms with Crippen LogP contribution in [0, 0.1) is 0 Å². The number of sulfonamides is 1. The Morgan fingerprint density at radius 3 is 2.18 bits per heavy atom. The SMILES string of the molecule is CC[C@]1(c2ccccc2)NC(=O)N(NC(=O)c2ccc(S(=O)(=O)N3CCCCCC3)cc2)C1=O. The number of hydrogen-bond acceptors (Lipinski definition) is 5. The molecule has 9 nitrogen and oxygen atoms in total. The highest BCUT2D eigenvalue weighted by Crippen LogP contribution is 2.31. The van der Waals surface area contributed by atoms with Crippen molar-refractivity contribution in [3.63, 3.8) is 0 Å². The quantitative estimate of drug-likeness (QED) is 0.612. The molecule has 2 aromatic rings. The first-order chi connectivity index (χ1) is 16.3. The third kappa shape index (κ3) is 4.30. The van der Waals surface area contributed by atoms with Crippen molar-refractivity contribution in [2.24, 2.45) is 0 Å². The van der Waals surface area contributed by atoms with Crippen LogP contribution in [0.3, 0.4) is 0 Å². The van der Waals surface area contributed by atoms with E-state index in [9.17, 15) is 22.8 Å². The van der Waals surface area contributed by atoms with E-state index < -0.39 is 33.4 Å². The third-order valence-corrected chi connectivity index (χ3v) is 8.33. The molecule has 2 N–H and O–H groups in total. The van der Waals surface area contributed by atoms with E-state index in [2.05, 4.69) is 10.7 Å². The summed E-state index contributed by atoms with van der Waals surface area (Å²) in [5.74, 6) is -1.28. The van der Waals surface area contributed by atoms with E-state index in [1.54, 1.807) is 31.2 Å². The fraction of sp³-hybridized carbons (Fsp3) is 0.375. The van der Waals surface area contributed by atoms with Gasteiger partial charge in [-0.2, -0.15) is 9.31 Å². The Balaban J connectivity index is 1.50. The minimum atomic E-state index is -3.64. The van der Waals surface area contributed by atoms with Crippen molar-refractivity contribution in [2.45, 2.75) is 49.5 Å². The van der Waals surface area contributed by atoms with Crippen LogP contribution in [0.1, 0.15) is 54.9 Å². The normalized spacial score (nSPS) is 21.7. The summed E-state index contributed by atoms with van der Waals surface area (Å²) in [6, 6.07) is 13.6. The van der Waals surface area contributed by atoms with Gasteiger partial charge in [-0.3, -0.25) is 15.0 Å². The predicted molar refractivity (Wildman–Crippen MR) is 125 cm³/mol. The lowest BCUT2D eigenvalue weighted by atomic mass is 9.87. The number of nitrogens with zero attached hydrogens (tertiary/aromatic N) is 2. The van der Waals surface area contributed by atoms with Crippen LogP contribution in [0.15, 0.2) is 59.5 Å². The average Bonchev–Trinajstić information content (AvgIpc) is 3.03. The number of hydrazine groups is 1. The molecular weight excluding hydrogens is 456 g/mol. The number of urea groups is 1. The first kappa shape index (κ1) is 23.9. The second kappa shape index (κ2) is 9.55. The maximum absolute atomic E-state index is 13.2.